The molecule has 1 unspecified atom stereocenters. The molecule has 5 nitrogen and oxygen atoms in total. The molecule has 1 aromatic heterocycles. The van der Waals surface area contributed by atoms with Gasteiger partial charge >= 0.3 is 0 Å². The highest BCUT2D eigenvalue weighted by Gasteiger charge is 2.42. The van der Waals surface area contributed by atoms with Gasteiger partial charge in [0.1, 0.15) is 0 Å². The average molecular weight is 433 g/mol. The molecular weight excluding hydrogens is 412 g/mol. The number of likely N-dealkylation sites (tertiary alicyclic amines) is 1. The fourth-order valence-corrected chi connectivity index (χ4v) is 4.39. The van der Waals surface area contributed by atoms with Gasteiger partial charge in [0.05, 0.1) is 11.6 Å². The molecule has 1 fully saturated rings. The van der Waals surface area contributed by atoms with Crippen LogP contribution < -0.4 is 5.56 Å². The van der Waals surface area contributed by atoms with E-state index in [0.717, 1.165) is 27.3 Å². The lowest BCUT2D eigenvalue weighted by atomic mass is 9.93. The average Bonchev–Trinajstić information content (AvgIpc) is 2.79. The summed E-state index contributed by atoms with van der Waals surface area (Å²) in [5.41, 5.74) is 2.15. The Balaban J connectivity index is 1.51. The Kier molecular flexibility index (Phi) is 4.77. The SMILES string of the molecule is CC1CN(C(=O)c2ccc3c(-c4ccc5c(=O)[nH]ncc5c4)cccc3c2)CCC1(F)F. The Morgan fingerprint density at radius 3 is 2.72 bits per heavy atom. The summed E-state index contributed by atoms with van der Waals surface area (Å²) in [4.78, 5) is 26.4. The van der Waals surface area contributed by atoms with E-state index >= 15 is 0 Å². The minimum atomic E-state index is -2.73. The maximum absolute atomic E-state index is 13.8. The number of halogens is 2. The number of carbonyl (C=O) groups excluding carboxylic acids is 1. The summed E-state index contributed by atoms with van der Waals surface area (Å²) < 4.78 is 27.6. The summed E-state index contributed by atoms with van der Waals surface area (Å²) in [5, 5.41) is 9.45. The Morgan fingerprint density at radius 2 is 1.91 bits per heavy atom. The molecule has 0 radical (unpaired) electrons. The predicted octanol–water partition coefficient (Wildman–Crippen LogP) is 4.86. The van der Waals surface area contributed by atoms with Gasteiger partial charge < -0.3 is 4.90 Å². The van der Waals surface area contributed by atoms with Crippen LogP contribution in [0.3, 0.4) is 0 Å². The van der Waals surface area contributed by atoms with Crippen LogP contribution in [0.1, 0.15) is 23.7 Å². The first-order valence-electron chi connectivity index (χ1n) is 10.5. The minimum absolute atomic E-state index is 0.0498. The first kappa shape index (κ1) is 20.3. The smallest absolute Gasteiger partial charge is 0.272 e. The summed E-state index contributed by atoms with van der Waals surface area (Å²) in [7, 11) is 0. The van der Waals surface area contributed by atoms with Crippen molar-refractivity contribution in [1.82, 2.24) is 15.1 Å². The zero-order valence-corrected chi connectivity index (χ0v) is 17.4. The van der Waals surface area contributed by atoms with Gasteiger partial charge in [-0.15, -0.1) is 0 Å². The van der Waals surface area contributed by atoms with Crippen LogP contribution in [0.15, 0.2) is 65.6 Å². The standard InChI is InChI=1S/C25H21F2N3O2/c1-15-14-30(10-9-25(15,26)27)24(32)18-6-7-21-16(11-18)3-2-4-20(21)17-5-8-22-19(12-17)13-28-29-23(22)31/h2-8,11-13,15H,9-10,14H2,1H3,(H,29,31). The normalized spacial score (nSPS) is 18.2. The van der Waals surface area contributed by atoms with Crippen molar-refractivity contribution in [2.45, 2.75) is 19.3 Å². The molecule has 7 heteroatoms. The van der Waals surface area contributed by atoms with Gasteiger partial charge in [-0.1, -0.05) is 37.3 Å². The molecule has 1 amide bonds. The number of hydrogen-bond donors (Lipinski definition) is 1. The molecule has 0 saturated carbocycles. The van der Waals surface area contributed by atoms with Crippen LogP contribution in [0.5, 0.6) is 0 Å². The number of nitrogens with one attached hydrogen (secondary N) is 1. The summed E-state index contributed by atoms with van der Waals surface area (Å²) in [6, 6.07) is 16.9. The molecule has 5 rings (SSSR count). The Labute approximate surface area is 182 Å². The van der Waals surface area contributed by atoms with Crippen molar-refractivity contribution in [2.24, 2.45) is 5.92 Å². The third-order valence-corrected chi connectivity index (χ3v) is 6.32. The summed E-state index contributed by atoms with van der Waals surface area (Å²) in [6.45, 7) is 1.59. The maximum atomic E-state index is 13.8. The number of benzene rings is 3. The number of aromatic nitrogens is 2. The molecule has 32 heavy (non-hydrogen) atoms. The zero-order valence-electron chi connectivity index (χ0n) is 17.4. The number of nitrogens with zero attached hydrogens (tertiary/aromatic N) is 2. The maximum Gasteiger partial charge on any atom is 0.272 e. The third-order valence-electron chi connectivity index (χ3n) is 6.32. The van der Waals surface area contributed by atoms with E-state index in [4.69, 9.17) is 0 Å². The van der Waals surface area contributed by atoms with E-state index in [0.29, 0.717) is 10.9 Å². The molecule has 1 aliphatic heterocycles. The summed E-state index contributed by atoms with van der Waals surface area (Å²) >= 11 is 0. The van der Waals surface area contributed by atoms with Gasteiger partial charge in [0, 0.05) is 36.4 Å². The van der Waals surface area contributed by atoms with Gasteiger partial charge in [-0.05, 0) is 46.2 Å². The number of hydrogen-bond acceptors (Lipinski definition) is 3. The van der Waals surface area contributed by atoms with Crippen LogP contribution in [0.4, 0.5) is 8.78 Å². The van der Waals surface area contributed by atoms with Gasteiger partial charge in [-0.2, -0.15) is 5.10 Å². The molecule has 2 heterocycles. The predicted molar refractivity (Wildman–Crippen MR) is 120 cm³/mol. The van der Waals surface area contributed by atoms with Crippen molar-refractivity contribution in [3.63, 3.8) is 0 Å². The Bertz CT molecular complexity index is 1410. The van der Waals surface area contributed by atoms with E-state index in [-0.39, 0.29) is 31.0 Å². The number of aromatic amines is 1. The van der Waals surface area contributed by atoms with E-state index in [1.807, 2.05) is 42.5 Å². The van der Waals surface area contributed by atoms with Gasteiger partial charge in [-0.3, -0.25) is 9.59 Å². The first-order chi connectivity index (χ1) is 15.3. The van der Waals surface area contributed by atoms with Crippen LogP contribution in [0.25, 0.3) is 32.7 Å². The zero-order chi connectivity index (χ0) is 22.5. The van der Waals surface area contributed by atoms with Crippen LogP contribution in [0, 0.1) is 5.92 Å². The highest BCUT2D eigenvalue weighted by Crippen LogP contribution is 2.34. The van der Waals surface area contributed by atoms with Crippen LogP contribution >= 0.6 is 0 Å². The Hall–Kier alpha value is -3.61. The van der Waals surface area contributed by atoms with Crippen molar-refractivity contribution >= 4 is 27.5 Å². The number of piperidine rings is 1. The minimum Gasteiger partial charge on any atom is -0.338 e. The van der Waals surface area contributed by atoms with Crippen LogP contribution in [0.2, 0.25) is 0 Å². The number of rotatable bonds is 2. The highest BCUT2D eigenvalue weighted by atomic mass is 19.3. The fraction of sp³-hybridized carbons (Fsp3) is 0.240. The van der Waals surface area contributed by atoms with Crippen molar-refractivity contribution in [2.75, 3.05) is 13.1 Å². The summed E-state index contributed by atoms with van der Waals surface area (Å²) in [5.74, 6) is -3.81. The molecular formula is C25H21F2N3O2. The molecule has 1 N–H and O–H groups in total. The second-order valence-electron chi connectivity index (χ2n) is 8.41. The second kappa shape index (κ2) is 7.51. The van der Waals surface area contributed by atoms with Gasteiger partial charge in [-0.25, -0.2) is 13.9 Å². The quantitative estimate of drug-likeness (QED) is 0.491. The third kappa shape index (κ3) is 3.43. The van der Waals surface area contributed by atoms with Gasteiger partial charge in [0.2, 0.25) is 0 Å². The van der Waals surface area contributed by atoms with Gasteiger partial charge in [0.25, 0.3) is 17.4 Å². The Morgan fingerprint density at radius 1 is 1.09 bits per heavy atom. The largest absolute Gasteiger partial charge is 0.338 e. The van der Waals surface area contributed by atoms with Crippen LogP contribution in [-0.4, -0.2) is 40.0 Å². The number of carbonyl (C=O) groups is 1. The van der Waals surface area contributed by atoms with E-state index in [2.05, 4.69) is 10.2 Å². The lowest BCUT2D eigenvalue weighted by Crippen LogP contribution is -2.48. The number of H-pyrrole nitrogens is 1. The van der Waals surface area contributed by atoms with Gasteiger partial charge in [0.15, 0.2) is 0 Å². The topological polar surface area (TPSA) is 66.1 Å². The van der Waals surface area contributed by atoms with Crippen molar-refractivity contribution in [3.8, 4) is 11.1 Å². The molecule has 1 atom stereocenters. The number of fused-ring (bicyclic) bond motifs is 2. The fourth-order valence-electron chi connectivity index (χ4n) is 4.39. The number of alkyl halides is 2. The first-order valence-corrected chi connectivity index (χ1v) is 10.5. The van der Waals surface area contributed by atoms with E-state index < -0.39 is 11.8 Å². The monoisotopic (exact) mass is 433 g/mol. The second-order valence-corrected chi connectivity index (χ2v) is 8.41. The van der Waals surface area contributed by atoms with E-state index in [1.54, 1.807) is 18.3 Å². The lowest BCUT2D eigenvalue weighted by Gasteiger charge is -2.36. The molecule has 0 aliphatic carbocycles. The number of amides is 1. The van der Waals surface area contributed by atoms with Crippen molar-refractivity contribution in [3.05, 3.63) is 76.7 Å². The molecule has 0 bridgehead atoms. The molecule has 162 valence electrons. The highest BCUT2D eigenvalue weighted by molar-refractivity contribution is 6.03. The van der Waals surface area contributed by atoms with Crippen molar-refractivity contribution < 1.29 is 13.6 Å². The summed E-state index contributed by atoms with van der Waals surface area (Å²) in [6.07, 6.45) is 1.31. The molecule has 1 aliphatic rings. The van der Waals surface area contributed by atoms with E-state index in [1.165, 1.54) is 11.8 Å². The lowest BCUT2D eigenvalue weighted by molar-refractivity contribution is -0.0921. The molecule has 4 aromatic rings. The van der Waals surface area contributed by atoms with Crippen LogP contribution in [-0.2, 0) is 0 Å². The van der Waals surface area contributed by atoms with Crippen molar-refractivity contribution in [1.29, 1.82) is 0 Å². The molecule has 3 aromatic carbocycles. The molecule has 1 saturated heterocycles. The molecule has 0 spiro atoms. The van der Waals surface area contributed by atoms with E-state index in [9.17, 15) is 18.4 Å².